The molecule has 0 saturated heterocycles. The summed E-state index contributed by atoms with van der Waals surface area (Å²) in [5, 5.41) is 3.20. The minimum absolute atomic E-state index is 0.398. The Morgan fingerprint density at radius 2 is 2.26 bits per heavy atom. The van der Waals surface area contributed by atoms with Crippen LogP contribution in [0.5, 0.6) is 0 Å². The van der Waals surface area contributed by atoms with Gasteiger partial charge in [-0.2, -0.15) is 0 Å². The van der Waals surface area contributed by atoms with E-state index >= 15 is 0 Å². The largest absolute Gasteiger partial charge is 0.465 e. The van der Waals surface area contributed by atoms with Crippen molar-refractivity contribution in [1.82, 2.24) is 4.98 Å². The molecule has 0 radical (unpaired) electrons. The highest BCUT2D eigenvalue weighted by molar-refractivity contribution is 5.91. The van der Waals surface area contributed by atoms with E-state index in [4.69, 9.17) is 5.73 Å². The van der Waals surface area contributed by atoms with Crippen molar-refractivity contribution in [2.75, 3.05) is 18.2 Å². The van der Waals surface area contributed by atoms with Crippen molar-refractivity contribution in [2.45, 2.75) is 6.54 Å². The van der Waals surface area contributed by atoms with Gasteiger partial charge < -0.3 is 15.8 Å². The molecule has 0 aliphatic heterocycles. The van der Waals surface area contributed by atoms with Gasteiger partial charge in [-0.3, -0.25) is 4.98 Å². The van der Waals surface area contributed by atoms with Crippen molar-refractivity contribution >= 4 is 17.3 Å². The third-order valence-electron chi connectivity index (χ3n) is 2.68. The fourth-order valence-electron chi connectivity index (χ4n) is 1.67. The lowest BCUT2D eigenvalue weighted by Crippen LogP contribution is -2.06. The van der Waals surface area contributed by atoms with Crippen LogP contribution >= 0.6 is 0 Å². The maximum atomic E-state index is 11.3. The van der Waals surface area contributed by atoms with Crippen molar-refractivity contribution in [1.29, 1.82) is 0 Å². The molecule has 5 nitrogen and oxygen atoms in total. The summed E-state index contributed by atoms with van der Waals surface area (Å²) in [6.07, 6.45) is 3.51. The van der Waals surface area contributed by atoms with Crippen molar-refractivity contribution < 1.29 is 9.53 Å². The Morgan fingerprint density at radius 3 is 2.89 bits per heavy atom. The number of anilines is 2. The van der Waals surface area contributed by atoms with Crippen LogP contribution in [0, 0.1) is 0 Å². The molecule has 0 saturated carbocycles. The molecule has 0 bridgehead atoms. The lowest BCUT2D eigenvalue weighted by molar-refractivity contribution is 0.0601. The minimum Gasteiger partial charge on any atom is -0.465 e. The van der Waals surface area contributed by atoms with E-state index in [1.54, 1.807) is 30.6 Å². The number of nitrogen functional groups attached to an aromatic ring is 1. The Kier molecular flexibility index (Phi) is 3.97. The molecule has 2 aromatic rings. The molecule has 1 aromatic heterocycles. The highest BCUT2D eigenvalue weighted by Gasteiger charge is 2.07. The highest BCUT2D eigenvalue weighted by Crippen LogP contribution is 2.21. The van der Waals surface area contributed by atoms with Gasteiger partial charge in [-0.15, -0.1) is 0 Å². The molecule has 19 heavy (non-hydrogen) atoms. The van der Waals surface area contributed by atoms with Crippen molar-refractivity contribution in [2.24, 2.45) is 0 Å². The molecule has 98 valence electrons. The molecular formula is C14H15N3O2. The zero-order valence-corrected chi connectivity index (χ0v) is 10.6. The van der Waals surface area contributed by atoms with Crippen LogP contribution < -0.4 is 11.1 Å². The number of carbonyl (C=O) groups excluding carboxylic acids is 1. The number of pyridine rings is 1. The van der Waals surface area contributed by atoms with Gasteiger partial charge in [0.2, 0.25) is 0 Å². The van der Waals surface area contributed by atoms with Gasteiger partial charge in [0, 0.05) is 18.9 Å². The smallest absolute Gasteiger partial charge is 0.337 e. The molecule has 0 atom stereocenters. The fourth-order valence-corrected chi connectivity index (χ4v) is 1.67. The first-order valence-corrected chi connectivity index (χ1v) is 5.81. The van der Waals surface area contributed by atoms with E-state index in [0.717, 1.165) is 11.3 Å². The number of rotatable bonds is 4. The molecule has 5 heteroatoms. The standard InChI is InChI=1S/C14H15N3O2/c1-19-14(18)11-4-5-13(12(15)7-11)17-9-10-3-2-6-16-8-10/h2-8,17H,9,15H2,1H3. The highest BCUT2D eigenvalue weighted by atomic mass is 16.5. The molecule has 0 aliphatic rings. The number of ether oxygens (including phenoxy) is 1. The van der Waals surface area contributed by atoms with E-state index in [1.165, 1.54) is 7.11 Å². The summed E-state index contributed by atoms with van der Waals surface area (Å²) in [6, 6.07) is 8.88. The Hall–Kier alpha value is -2.56. The molecule has 0 spiro atoms. The van der Waals surface area contributed by atoms with Crippen LogP contribution in [0.4, 0.5) is 11.4 Å². The summed E-state index contributed by atoms with van der Waals surface area (Å²) in [6.45, 7) is 0.621. The SMILES string of the molecule is COC(=O)c1ccc(NCc2cccnc2)c(N)c1. The number of nitrogens with zero attached hydrogens (tertiary/aromatic N) is 1. The van der Waals surface area contributed by atoms with Gasteiger partial charge in [0.05, 0.1) is 24.0 Å². The van der Waals surface area contributed by atoms with E-state index in [1.807, 2.05) is 12.1 Å². The Labute approximate surface area is 111 Å². The van der Waals surface area contributed by atoms with Gasteiger partial charge in [-0.05, 0) is 29.8 Å². The molecule has 1 heterocycles. The number of esters is 1. The molecule has 3 N–H and O–H groups in total. The lowest BCUT2D eigenvalue weighted by Gasteiger charge is -2.10. The van der Waals surface area contributed by atoms with Crippen LogP contribution in [0.15, 0.2) is 42.7 Å². The molecule has 0 unspecified atom stereocenters. The predicted octanol–water partition coefficient (Wildman–Crippen LogP) is 2.06. The van der Waals surface area contributed by atoms with Gasteiger partial charge in [0.25, 0.3) is 0 Å². The first kappa shape index (κ1) is 12.9. The number of aromatic nitrogens is 1. The van der Waals surface area contributed by atoms with Crippen molar-refractivity contribution in [3.8, 4) is 0 Å². The number of benzene rings is 1. The fraction of sp³-hybridized carbons (Fsp3) is 0.143. The maximum Gasteiger partial charge on any atom is 0.337 e. The van der Waals surface area contributed by atoms with Gasteiger partial charge in [0.15, 0.2) is 0 Å². The minimum atomic E-state index is -0.398. The van der Waals surface area contributed by atoms with E-state index in [2.05, 4.69) is 15.0 Å². The van der Waals surface area contributed by atoms with E-state index in [9.17, 15) is 4.79 Å². The van der Waals surface area contributed by atoms with Crippen LogP contribution in [0.1, 0.15) is 15.9 Å². The number of methoxy groups -OCH3 is 1. The second kappa shape index (κ2) is 5.86. The van der Waals surface area contributed by atoms with E-state index in [-0.39, 0.29) is 0 Å². The molecule has 0 fully saturated rings. The van der Waals surface area contributed by atoms with Crippen LogP contribution in [-0.2, 0) is 11.3 Å². The van der Waals surface area contributed by atoms with E-state index < -0.39 is 5.97 Å². The Morgan fingerprint density at radius 1 is 1.42 bits per heavy atom. The average molecular weight is 257 g/mol. The normalized spacial score (nSPS) is 9.95. The Balaban J connectivity index is 2.07. The lowest BCUT2D eigenvalue weighted by atomic mass is 10.1. The average Bonchev–Trinajstić information content (AvgIpc) is 2.46. The van der Waals surface area contributed by atoms with E-state index in [0.29, 0.717) is 17.8 Å². The third-order valence-corrected chi connectivity index (χ3v) is 2.68. The van der Waals surface area contributed by atoms with Gasteiger partial charge in [0.1, 0.15) is 0 Å². The molecule has 2 rings (SSSR count). The monoisotopic (exact) mass is 257 g/mol. The summed E-state index contributed by atoms with van der Waals surface area (Å²) < 4.78 is 4.64. The second-order valence-electron chi connectivity index (χ2n) is 4.01. The number of hydrogen-bond acceptors (Lipinski definition) is 5. The quantitative estimate of drug-likeness (QED) is 0.647. The zero-order chi connectivity index (χ0) is 13.7. The zero-order valence-electron chi connectivity index (χ0n) is 10.6. The van der Waals surface area contributed by atoms with Crippen molar-refractivity contribution in [3.05, 3.63) is 53.9 Å². The predicted molar refractivity (Wildman–Crippen MR) is 73.8 cm³/mol. The number of nitrogens with one attached hydrogen (secondary N) is 1. The number of carbonyl (C=O) groups is 1. The molecule has 1 aromatic carbocycles. The summed E-state index contributed by atoms with van der Waals surface area (Å²) in [5.41, 5.74) is 8.66. The Bertz CT molecular complexity index is 570. The van der Waals surface area contributed by atoms with Crippen LogP contribution in [0.3, 0.4) is 0 Å². The topological polar surface area (TPSA) is 77.2 Å². The maximum absolute atomic E-state index is 11.3. The molecule has 0 amide bonds. The van der Waals surface area contributed by atoms with Crippen LogP contribution in [-0.4, -0.2) is 18.1 Å². The first-order chi connectivity index (χ1) is 9.20. The third kappa shape index (κ3) is 3.22. The number of hydrogen-bond donors (Lipinski definition) is 2. The summed E-state index contributed by atoms with van der Waals surface area (Å²) in [4.78, 5) is 15.4. The van der Waals surface area contributed by atoms with Crippen molar-refractivity contribution in [3.63, 3.8) is 0 Å². The van der Waals surface area contributed by atoms with Crippen LogP contribution in [0.2, 0.25) is 0 Å². The summed E-state index contributed by atoms with van der Waals surface area (Å²) >= 11 is 0. The first-order valence-electron chi connectivity index (χ1n) is 5.81. The van der Waals surface area contributed by atoms with Gasteiger partial charge in [-0.25, -0.2) is 4.79 Å². The number of nitrogens with two attached hydrogens (primary N) is 1. The second-order valence-corrected chi connectivity index (χ2v) is 4.01. The molecular weight excluding hydrogens is 242 g/mol. The summed E-state index contributed by atoms with van der Waals surface area (Å²) in [5.74, 6) is -0.398. The van der Waals surface area contributed by atoms with Gasteiger partial charge in [-0.1, -0.05) is 6.07 Å². The van der Waals surface area contributed by atoms with Gasteiger partial charge >= 0.3 is 5.97 Å². The summed E-state index contributed by atoms with van der Waals surface area (Å²) in [7, 11) is 1.34. The molecule has 0 aliphatic carbocycles. The van der Waals surface area contributed by atoms with Crippen LogP contribution in [0.25, 0.3) is 0 Å².